The van der Waals surface area contributed by atoms with E-state index in [1.807, 2.05) is 56.3 Å². The summed E-state index contributed by atoms with van der Waals surface area (Å²) in [7, 11) is 1.67. The summed E-state index contributed by atoms with van der Waals surface area (Å²) in [6.07, 6.45) is 0.740. The maximum atomic E-state index is 6.04. The van der Waals surface area contributed by atoms with Crippen molar-refractivity contribution < 1.29 is 14.2 Å². The summed E-state index contributed by atoms with van der Waals surface area (Å²) in [6, 6.07) is 13.5. The van der Waals surface area contributed by atoms with Gasteiger partial charge in [-0.05, 0) is 44.0 Å². The standard InChI is InChI=1S/C20H27N3O3.HI/c1-4-25-16-10-11-19(26-5-2)17(14-16)23-20(21)22-13-12-15-8-6-7-9-18(15)24-3;/h6-11,14H,4-5,12-13H2,1-3H3,(H3,21,22,23);1H. The third kappa shape index (κ3) is 7.16. The molecule has 0 unspecified atom stereocenters. The van der Waals surface area contributed by atoms with Crippen molar-refractivity contribution in [3.63, 3.8) is 0 Å². The van der Waals surface area contributed by atoms with E-state index in [1.54, 1.807) is 7.11 Å². The highest BCUT2D eigenvalue weighted by molar-refractivity contribution is 14.0. The monoisotopic (exact) mass is 485 g/mol. The van der Waals surface area contributed by atoms with Crippen molar-refractivity contribution in [2.75, 3.05) is 32.2 Å². The number of rotatable bonds is 9. The van der Waals surface area contributed by atoms with Gasteiger partial charge in [0.2, 0.25) is 0 Å². The largest absolute Gasteiger partial charge is 0.496 e. The summed E-state index contributed by atoms with van der Waals surface area (Å²) in [5, 5.41) is 3.10. The van der Waals surface area contributed by atoms with E-state index in [1.165, 1.54) is 0 Å². The van der Waals surface area contributed by atoms with Crippen molar-refractivity contribution in [1.82, 2.24) is 0 Å². The predicted molar refractivity (Wildman–Crippen MR) is 121 cm³/mol. The molecular weight excluding hydrogens is 457 g/mol. The Bertz CT molecular complexity index is 738. The first kappa shape index (κ1) is 22.9. The van der Waals surface area contributed by atoms with E-state index >= 15 is 0 Å². The molecule has 0 atom stereocenters. The van der Waals surface area contributed by atoms with Gasteiger partial charge in [0.05, 0.1) is 26.0 Å². The van der Waals surface area contributed by atoms with E-state index in [2.05, 4.69) is 10.3 Å². The number of aliphatic imine (C=N–C) groups is 1. The second-order valence-electron chi connectivity index (χ2n) is 5.48. The third-order valence-corrected chi connectivity index (χ3v) is 3.68. The average Bonchev–Trinajstić information content (AvgIpc) is 2.64. The minimum atomic E-state index is 0. The molecule has 2 aromatic carbocycles. The van der Waals surface area contributed by atoms with Gasteiger partial charge < -0.3 is 25.3 Å². The highest BCUT2D eigenvalue weighted by Gasteiger charge is 2.07. The summed E-state index contributed by atoms with van der Waals surface area (Å²) in [5.41, 5.74) is 7.87. The number of nitrogens with one attached hydrogen (secondary N) is 1. The van der Waals surface area contributed by atoms with E-state index in [0.717, 1.165) is 29.2 Å². The third-order valence-electron chi connectivity index (χ3n) is 3.68. The fourth-order valence-corrected chi connectivity index (χ4v) is 2.53. The van der Waals surface area contributed by atoms with Crippen molar-refractivity contribution in [2.24, 2.45) is 10.7 Å². The lowest BCUT2D eigenvalue weighted by Crippen LogP contribution is -2.23. The lowest BCUT2D eigenvalue weighted by molar-refractivity contribution is 0.332. The smallest absolute Gasteiger partial charge is 0.193 e. The Morgan fingerprint density at radius 2 is 1.78 bits per heavy atom. The Hall–Kier alpha value is -2.16. The summed E-state index contributed by atoms with van der Waals surface area (Å²) >= 11 is 0. The number of nitrogens with zero attached hydrogens (tertiary/aromatic N) is 1. The number of ether oxygens (including phenoxy) is 3. The maximum Gasteiger partial charge on any atom is 0.193 e. The van der Waals surface area contributed by atoms with Gasteiger partial charge in [-0.1, -0.05) is 18.2 Å². The summed E-state index contributed by atoms with van der Waals surface area (Å²) in [6.45, 7) is 5.58. The molecule has 3 N–H and O–H groups in total. The second kappa shape index (κ2) is 12.3. The first-order chi connectivity index (χ1) is 12.7. The zero-order valence-electron chi connectivity index (χ0n) is 16.0. The summed E-state index contributed by atoms with van der Waals surface area (Å²) in [4.78, 5) is 4.40. The van der Waals surface area contributed by atoms with Crippen LogP contribution in [-0.4, -0.2) is 32.8 Å². The van der Waals surface area contributed by atoms with Crippen LogP contribution in [0.15, 0.2) is 47.5 Å². The Balaban J connectivity index is 0.00000364. The van der Waals surface area contributed by atoms with Gasteiger partial charge in [-0.15, -0.1) is 24.0 Å². The molecule has 2 rings (SSSR count). The van der Waals surface area contributed by atoms with E-state index in [0.29, 0.717) is 31.5 Å². The van der Waals surface area contributed by atoms with Gasteiger partial charge in [0.25, 0.3) is 0 Å². The van der Waals surface area contributed by atoms with Crippen molar-refractivity contribution in [2.45, 2.75) is 20.3 Å². The van der Waals surface area contributed by atoms with Gasteiger partial charge in [-0.2, -0.15) is 0 Å². The molecule has 6 nitrogen and oxygen atoms in total. The van der Waals surface area contributed by atoms with Crippen LogP contribution in [0.3, 0.4) is 0 Å². The topological polar surface area (TPSA) is 78.1 Å². The number of halogens is 1. The number of para-hydroxylation sites is 1. The first-order valence-electron chi connectivity index (χ1n) is 8.76. The normalized spacial score (nSPS) is 10.7. The molecule has 0 amide bonds. The van der Waals surface area contributed by atoms with Gasteiger partial charge in [0.15, 0.2) is 5.96 Å². The Morgan fingerprint density at radius 1 is 1.04 bits per heavy atom. The molecule has 0 aliphatic rings. The molecule has 27 heavy (non-hydrogen) atoms. The molecule has 0 bridgehead atoms. The second-order valence-corrected chi connectivity index (χ2v) is 5.48. The van der Waals surface area contributed by atoms with Gasteiger partial charge >= 0.3 is 0 Å². The van der Waals surface area contributed by atoms with Crippen LogP contribution in [0.4, 0.5) is 5.69 Å². The number of nitrogens with two attached hydrogens (primary N) is 1. The van der Waals surface area contributed by atoms with Crippen molar-refractivity contribution in [1.29, 1.82) is 0 Å². The fraction of sp³-hybridized carbons (Fsp3) is 0.350. The number of hydrogen-bond donors (Lipinski definition) is 2. The van der Waals surface area contributed by atoms with Crippen molar-refractivity contribution in [3.05, 3.63) is 48.0 Å². The minimum Gasteiger partial charge on any atom is -0.496 e. The zero-order chi connectivity index (χ0) is 18.8. The van der Waals surface area contributed by atoms with Crippen LogP contribution in [0, 0.1) is 0 Å². The van der Waals surface area contributed by atoms with Crippen molar-refractivity contribution in [3.8, 4) is 17.2 Å². The molecule has 2 aromatic rings. The van der Waals surface area contributed by atoms with E-state index in [-0.39, 0.29) is 24.0 Å². The molecule has 0 heterocycles. The van der Waals surface area contributed by atoms with E-state index in [9.17, 15) is 0 Å². The predicted octanol–water partition coefficient (Wildman–Crippen LogP) is 4.08. The summed E-state index contributed by atoms with van der Waals surface area (Å²) in [5.74, 6) is 2.64. The number of benzene rings is 2. The SMILES string of the molecule is CCOc1ccc(OCC)c(NC(N)=NCCc2ccccc2OC)c1.I. The molecule has 0 aromatic heterocycles. The number of anilines is 1. The zero-order valence-corrected chi connectivity index (χ0v) is 18.4. The van der Waals surface area contributed by atoms with E-state index < -0.39 is 0 Å². The van der Waals surface area contributed by atoms with Crippen LogP contribution in [0.25, 0.3) is 0 Å². The Morgan fingerprint density at radius 3 is 2.48 bits per heavy atom. The Kier molecular flexibility index (Phi) is 10.4. The highest BCUT2D eigenvalue weighted by atomic mass is 127. The molecule has 0 fully saturated rings. The molecule has 0 aliphatic heterocycles. The molecule has 148 valence electrons. The van der Waals surface area contributed by atoms with Gasteiger partial charge in [0, 0.05) is 12.6 Å². The summed E-state index contributed by atoms with van der Waals surface area (Å²) < 4.78 is 16.5. The first-order valence-corrected chi connectivity index (χ1v) is 8.76. The Labute approximate surface area is 178 Å². The van der Waals surface area contributed by atoms with Crippen LogP contribution < -0.4 is 25.3 Å². The lowest BCUT2D eigenvalue weighted by Gasteiger charge is -2.14. The van der Waals surface area contributed by atoms with Crippen LogP contribution in [0.2, 0.25) is 0 Å². The molecule has 0 aliphatic carbocycles. The lowest BCUT2D eigenvalue weighted by atomic mass is 10.1. The number of hydrogen-bond acceptors (Lipinski definition) is 4. The molecule has 7 heteroatoms. The average molecular weight is 485 g/mol. The van der Waals surface area contributed by atoms with Crippen LogP contribution in [0.5, 0.6) is 17.2 Å². The van der Waals surface area contributed by atoms with Crippen LogP contribution in [-0.2, 0) is 6.42 Å². The van der Waals surface area contributed by atoms with Gasteiger partial charge in [-0.3, -0.25) is 4.99 Å². The highest BCUT2D eigenvalue weighted by Crippen LogP contribution is 2.29. The number of guanidine groups is 1. The van der Waals surface area contributed by atoms with Gasteiger partial charge in [0.1, 0.15) is 17.2 Å². The van der Waals surface area contributed by atoms with Crippen molar-refractivity contribution >= 4 is 35.6 Å². The molecule has 0 spiro atoms. The fourth-order valence-electron chi connectivity index (χ4n) is 2.53. The minimum absolute atomic E-state index is 0. The number of methoxy groups -OCH3 is 1. The molecule has 0 saturated carbocycles. The molecule has 0 radical (unpaired) electrons. The van der Waals surface area contributed by atoms with Crippen LogP contribution in [0.1, 0.15) is 19.4 Å². The van der Waals surface area contributed by atoms with E-state index in [4.69, 9.17) is 19.9 Å². The molecule has 0 saturated heterocycles. The van der Waals surface area contributed by atoms with Gasteiger partial charge in [-0.25, -0.2) is 0 Å². The quantitative estimate of drug-likeness (QED) is 0.318. The maximum absolute atomic E-state index is 6.04. The molecular formula is C20H28IN3O3. The van der Waals surface area contributed by atoms with Crippen LogP contribution >= 0.6 is 24.0 Å².